The number of morpholine rings is 1. The van der Waals surface area contributed by atoms with Gasteiger partial charge < -0.3 is 19.4 Å². The number of hydrogen-bond donors (Lipinski definition) is 0. The summed E-state index contributed by atoms with van der Waals surface area (Å²) in [6, 6.07) is 9.87. The van der Waals surface area contributed by atoms with E-state index in [2.05, 4.69) is 9.88 Å². The van der Waals surface area contributed by atoms with Crippen LogP contribution in [0.25, 0.3) is 10.8 Å². The minimum Gasteiger partial charge on any atom is -0.378 e. The highest BCUT2D eigenvalue weighted by Crippen LogP contribution is 2.26. The van der Waals surface area contributed by atoms with Crippen LogP contribution in [0.4, 0.5) is 5.82 Å². The topological polar surface area (TPSA) is 66.0 Å². The number of halogens is 1. The number of aromatic nitrogens is 1. The van der Waals surface area contributed by atoms with Gasteiger partial charge in [0.05, 0.1) is 13.2 Å². The van der Waals surface area contributed by atoms with E-state index in [1.807, 2.05) is 30.3 Å². The lowest BCUT2D eigenvalue weighted by atomic mass is 10.1. The largest absolute Gasteiger partial charge is 0.378 e. The molecule has 142 valence electrons. The molecule has 2 saturated heterocycles. The summed E-state index contributed by atoms with van der Waals surface area (Å²) >= 11 is 6.33. The van der Waals surface area contributed by atoms with Gasteiger partial charge in [-0.25, -0.2) is 4.98 Å². The minimum atomic E-state index is -0.432. The number of fused-ring (bicyclic) bond motifs is 1. The highest BCUT2D eigenvalue weighted by molar-refractivity contribution is 6.35. The van der Waals surface area contributed by atoms with Crippen molar-refractivity contribution in [3.8, 4) is 0 Å². The first-order valence-electron chi connectivity index (χ1n) is 9.09. The number of piperazine rings is 1. The molecule has 0 spiro atoms. The normalized spacial score (nSPS) is 18.0. The van der Waals surface area contributed by atoms with Crippen LogP contribution in [0.5, 0.6) is 0 Å². The Bertz CT molecular complexity index is 861. The molecule has 0 aliphatic carbocycles. The summed E-state index contributed by atoms with van der Waals surface area (Å²) in [5.74, 6) is -0.0648. The fraction of sp³-hybridized carbons (Fsp3) is 0.421. The van der Waals surface area contributed by atoms with E-state index < -0.39 is 11.8 Å². The fourth-order valence-electron chi connectivity index (χ4n) is 3.48. The quantitative estimate of drug-likeness (QED) is 0.545. The number of pyridine rings is 1. The van der Waals surface area contributed by atoms with E-state index in [9.17, 15) is 9.59 Å². The molecule has 3 heterocycles. The third-order valence-corrected chi connectivity index (χ3v) is 5.34. The van der Waals surface area contributed by atoms with E-state index in [0.717, 1.165) is 16.6 Å². The molecule has 0 N–H and O–H groups in total. The second-order valence-corrected chi connectivity index (χ2v) is 7.03. The lowest BCUT2D eigenvalue weighted by Crippen LogP contribution is -2.54. The van der Waals surface area contributed by atoms with Gasteiger partial charge in [0.2, 0.25) is 0 Å². The molecule has 2 fully saturated rings. The van der Waals surface area contributed by atoms with Crippen molar-refractivity contribution >= 4 is 40.0 Å². The molecule has 2 amide bonds. The Morgan fingerprint density at radius 2 is 1.56 bits per heavy atom. The summed E-state index contributed by atoms with van der Waals surface area (Å²) in [5.41, 5.74) is 0. The number of nitrogens with zero attached hydrogens (tertiary/aromatic N) is 4. The third kappa shape index (κ3) is 3.70. The van der Waals surface area contributed by atoms with E-state index in [-0.39, 0.29) is 0 Å². The van der Waals surface area contributed by atoms with Crippen LogP contribution in [0.2, 0.25) is 5.15 Å². The zero-order chi connectivity index (χ0) is 18.8. The molecule has 27 heavy (non-hydrogen) atoms. The predicted molar refractivity (Wildman–Crippen MR) is 103 cm³/mol. The summed E-state index contributed by atoms with van der Waals surface area (Å²) in [6.07, 6.45) is 0. The van der Waals surface area contributed by atoms with Gasteiger partial charge in [-0.3, -0.25) is 9.59 Å². The number of ether oxygens (including phenoxy) is 1. The Balaban J connectivity index is 1.41. The van der Waals surface area contributed by atoms with Gasteiger partial charge in [0.15, 0.2) is 0 Å². The number of carbonyl (C=O) groups excluding carboxylic acids is 2. The minimum absolute atomic E-state index is 0.430. The molecule has 4 rings (SSSR count). The van der Waals surface area contributed by atoms with E-state index in [1.165, 1.54) is 0 Å². The maximum absolute atomic E-state index is 12.5. The summed E-state index contributed by atoms with van der Waals surface area (Å²) < 4.78 is 5.24. The van der Waals surface area contributed by atoms with Crippen LogP contribution < -0.4 is 4.90 Å². The Morgan fingerprint density at radius 3 is 2.26 bits per heavy atom. The first-order chi connectivity index (χ1) is 13.1. The summed E-state index contributed by atoms with van der Waals surface area (Å²) in [5, 5.41) is 2.44. The number of rotatable bonds is 1. The van der Waals surface area contributed by atoms with Crippen LogP contribution in [0.15, 0.2) is 30.3 Å². The standard InChI is InChI=1S/C19H21ClN4O3/c20-17-15-4-2-1-3-14(15)13-16(21-17)22-5-7-23(8-6-22)18(25)19(26)24-9-11-27-12-10-24/h1-4,13H,5-12H2. The Labute approximate surface area is 162 Å². The van der Waals surface area contributed by atoms with Gasteiger partial charge in [-0.15, -0.1) is 0 Å². The van der Waals surface area contributed by atoms with Gasteiger partial charge in [0.25, 0.3) is 0 Å². The lowest BCUT2D eigenvalue weighted by molar-refractivity contribution is -0.154. The molecule has 2 aromatic rings. The lowest BCUT2D eigenvalue weighted by Gasteiger charge is -2.36. The molecule has 1 aromatic carbocycles. The van der Waals surface area contributed by atoms with Crippen molar-refractivity contribution in [1.29, 1.82) is 0 Å². The van der Waals surface area contributed by atoms with Crippen molar-refractivity contribution in [1.82, 2.24) is 14.8 Å². The number of hydrogen-bond acceptors (Lipinski definition) is 5. The van der Waals surface area contributed by atoms with E-state index >= 15 is 0 Å². The molecule has 1 aromatic heterocycles. The van der Waals surface area contributed by atoms with Gasteiger partial charge in [-0.05, 0) is 11.5 Å². The molecule has 0 radical (unpaired) electrons. The first kappa shape index (κ1) is 18.0. The predicted octanol–water partition coefficient (Wildman–Crippen LogP) is 1.40. The molecular weight excluding hydrogens is 368 g/mol. The highest BCUT2D eigenvalue weighted by Gasteiger charge is 2.30. The van der Waals surface area contributed by atoms with Crippen LogP contribution in [0, 0.1) is 0 Å². The number of carbonyl (C=O) groups is 2. The molecule has 0 atom stereocenters. The van der Waals surface area contributed by atoms with Crippen LogP contribution in [-0.2, 0) is 14.3 Å². The smallest absolute Gasteiger partial charge is 0.312 e. The molecule has 0 bridgehead atoms. The van der Waals surface area contributed by atoms with Crippen molar-refractivity contribution in [2.75, 3.05) is 57.4 Å². The molecule has 0 saturated carbocycles. The Kier molecular flexibility index (Phi) is 5.13. The average Bonchev–Trinajstić information content (AvgIpc) is 2.73. The van der Waals surface area contributed by atoms with Crippen LogP contribution in [-0.4, -0.2) is 79.1 Å². The second kappa shape index (κ2) is 7.70. The summed E-state index contributed by atoms with van der Waals surface area (Å²) in [6.45, 7) is 4.13. The molecule has 8 heteroatoms. The number of anilines is 1. The molecule has 2 aliphatic rings. The van der Waals surface area contributed by atoms with Crippen LogP contribution in [0.3, 0.4) is 0 Å². The van der Waals surface area contributed by atoms with Gasteiger partial charge in [-0.1, -0.05) is 35.9 Å². The van der Waals surface area contributed by atoms with Gasteiger partial charge >= 0.3 is 11.8 Å². The van der Waals surface area contributed by atoms with Crippen molar-refractivity contribution in [2.24, 2.45) is 0 Å². The summed E-state index contributed by atoms with van der Waals surface area (Å²) in [7, 11) is 0. The van der Waals surface area contributed by atoms with Gasteiger partial charge in [0, 0.05) is 44.7 Å². The SMILES string of the molecule is O=C(C(=O)N1CCN(c2cc3ccccc3c(Cl)n2)CC1)N1CCOCC1. The molecular formula is C19H21ClN4O3. The van der Waals surface area contributed by atoms with Crippen LogP contribution in [0.1, 0.15) is 0 Å². The van der Waals surface area contributed by atoms with Gasteiger partial charge in [-0.2, -0.15) is 0 Å². The van der Waals surface area contributed by atoms with Crippen LogP contribution >= 0.6 is 11.6 Å². The van der Waals surface area contributed by atoms with Crippen molar-refractivity contribution in [3.05, 3.63) is 35.5 Å². The molecule has 0 unspecified atom stereocenters. The van der Waals surface area contributed by atoms with E-state index in [0.29, 0.717) is 57.6 Å². The van der Waals surface area contributed by atoms with Crippen molar-refractivity contribution in [2.45, 2.75) is 0 Å². The maximum atomic E-state index is 12.5. The van der Waals surface area contributed by atoms with E-state index in [1.54, 1.807) is 9.80 Å². The molecule has 2 aliphatic heterocycles. The monoisotopic (exact) mass is 388 g/mol. The zero-order valence-electron chi connectivity index (χ0n) is 14.9. The summed E-state index contributed by atoms with van der Waals surface area (Å²) in [4.78, 5) is 34.7. The van der Waals surface area contributed by atoms with Crippen molar-refractivity contribution < 1.29 is 14.3 Å². The average molecular weight is 389 g/mol. The third-order valence-electron chi connectivity index (χ3n) is 5.05. The van der Waals surface area contributed by atoms with Crippen molar-refractivity contribution in [3.63, 3.8) is 0 Å². The second-order valence-electron chi connectivity index (χ2n) is 6.68. The number of benzene rings is 1. The maximum Gasteiger partial charge on any atom is 0.312 e. The fourth-order valence-corrected chi connectivity index (χ4v) is 3.74. The highest BCUT2D eigenvalue weighted by atomic mass is 35.5. The van der Waals surface area contributed by atoms with E-state index in [4.69, 9.17) is 16.3 Å². The molecule has 7 nitrogen and oxygen atoms in total. The number of amides is 2. The van der Waals surface area contributed by atoms with Gasteiger partial charge in [0.1, 0.15) is 11.0 Å². The Hall–Kier alpha value is -2.38. The zero-order valence-corrected chi connectivity index (χ0v) is 15.7. The first-order valence-corrected chi connectivity index (χ1v) is 9.47. The Morgan fingerprint density at radius 1 is 0.926 bits per heavy atom.